The van der Waals surface area contributed by atoms with Crippen LogP contribution in [0, 0.1) is 0 Å². The van der Waals surface area contributed by atoms with E-state index in [-0.39, 0.29) is 5.54 Å². The van der Waals surface area contributed by atoms with Gasteiger partial charge in [-0.2, -0.15) is 0 Å². The zero-order valence-corrected chi connectivity index (χ0v) is 9.92. The maximum Gasteiger partial charge on any atom is 0.287 e. The van der Waals surface area contributed by atoms with Crippen LogP contribution in [0.4, 0.5) is 0 Å². The topological polar surface area (TPSA) is 36.9 Å². The molecule has 0 unspecified atom stereocenters. The highest BCUT2D eigenvalue weighted by molar-refractivity contribution is 5.76. The molecule has 86 valence electrons. The Balaban J connectivity index is 2.11. The standard InChI is InChI=1S/C11H21N3O/c1-9(2)13-10-14(3)11(8-15-10)4-6-12-7-5-11/h9,12H,4-8H2,1-3H3/b13-10-. The highest BCUT2D eigenvalue weighted by Gasteiger charge is 2.44. The molecule has 0 aromatic carbocycles. The second-order valence-corrected chi connectivity index (χ2v) is 4.83. The molecule has 0 aliphatic carbocycles. The van der Waals surface area contributed by atoms with Gasteiger partial charge in [-0.25, -0.2) is 4.99 Å². The van der Waals surface area contributed by atoms with E-state index in [1.54, 1.807) is 0 Å². The number of hydrogen-bond donors (Lipinski definition) is 1. The second-order valence-electron chi connectivity index (χ2n) is 4.83. The summed E-state index contributed by atoms with van der Waals surface area (Å²) in [5.74, 6) is 0. The molecule has 4 heteroatoms. The molecular weight excluding hydrogens is 190 g/mol. The molecule has 1 spiro atoms. The highest BCUT2D eigenvalue weighted by Crippen LogP contribution is 2.31. The summed E-state index contributed by atoms with van der Waals surface area (Å²) in [6.45, 7) is 7.14. The fourth-order valence-electron chi connectivity index (χ4n) is 2.31. The van der Waals surface area contributed by atoms with Crippen LogP contribution >= 0.6 is 0 Å². The van der Waals surface area contributed by atoms with E-state index in [1.165, 1.54) is 0 Å². The molecule has 2 fully saturated rings. The number of hydrogen-bond acceptors (Lipinski definition) is 3. The lowest BCUT2D eigenvalue weighted by Crippen LogP contribution is -2.52. The van der Waals surface area contributed by atoms with Crippen LogP contribution in [0.5, 0.6) is 0 Å². The van der Waals surface area contributed by atoms with E-state index in [2.05, 4.69) is 36.1 Å². The molecule has 0 aromatic rings. The van der Waals surface area contributed by atoms with E-state index < -0.39 is 0 Å². The molecule has 0 amide bonds. The lowest BCUT2D eigenvalue weighted by Gasteiger charge is -2.37. The molecule has 2 heterocycles. The lowest BCUT2D eigenvalue weighted by atomic mass is 9.89. The molecule has 0 bridgehead atoms. The van der Waals surface area contributed by atoms with Crippen LogP contribution in [0.15, 0.2) is 4.99 Å². The van der Waals surface area contributed by atoms with Crippen molar-refractivity contribution in [3.8, 4) is 0 Å². The number of nitrogens with zero attached hydrogens (tertiary/aromatic N) is 2. The maximum absolute atomic E-state index is 5.72. The van der Waals surface area contributed by atoms with Gasteiger partial charge >= 0.3 is 0 Å². The molecular formula is C11H21N3O. The summed E-state index contributed by atoms with van der Waals surface area (Å²) >= 11 is 0. The van der Waals surface area contributed by atoms with Gasteiger partial charge in [-0.15, -0.1) is 0 Å². The van der Waals surface area contributed by atoms with Crippen LogP contribution in [0.2, 0.25) is 0 Å². The van der Waals surface area contributed by atoms with Crippen LogP contribution in [0.25, 0.3) is 0 Å². The van der Waals surface area contributed by atoms with Gasteiger partial charge in [-0.1, -0.05) is 0 Å². The summed E-state index contributed by atoms with van der Waals surface area (Å²) in [4.78, 5) is 6.75. The summed E-state index contributed by atoms with van der Waals surface area (Å²) in [6, 6.07) is 1.13. The van der Waals surface area contributed by atoms with Crippen molar-refractivity contribution in [3.63, 3.8) is 0 Å². The first-order chi connectivity index (χ1) is 7.14. The first kappa shape index (κ1) is 10.7. The average molecular weight is 211 g/mol. The van der Waals surface area contributed by atoms with E-state index in [0.29, 0.717) is 6.04 Å². The van der Waals surface area contributed by atoms with Crippen LogP contribution in [0.3, 0.4) is 0 Å². The number of likely N-dealkylation sites (N-methyl/N-ethyl adjacent to an activating group) is 1. The fraction of sp³-hybridized carbons (Fsp3) is 0.909. The molecule has 2 saturated heterocycles. The van der Waals surface area contributed by atoms with Crippen molar-refractivity contribution in [2.24, 2.45) is 4.99 Å². The zero-order chi connectivity index (χ0) is 10.9. The molecule has 2 rings (SSSR count). The Bertz CT molecular complexity index is 257. The third-order valence-corrected chi connectivity index (χ3v) is 3.37. The third-order valence-electron chi connectivity index (χ3n) is 3.37. The number of piperidine rings is 1. The Kier molecular flexibility index (Phi) is 2.87. The molecule has 2 aliphatic rings. The normalized spacial score (nSPS) is 27.7. The SMILES string of the molecule is CC(C)/N=C1\OCC2(CCNCC2)N1C. The first-order valence-electron chi connectivity index (χ1n) is 5.79. The maximum atomic E-state index is 5.72. The molecule has 0 radical (unpaired) electrons. The van der Waals surface area contributed by atoms with Gasteiger partial charge in [0.25, 0.3) is 6.02 Å². The van der Waals surface area contributed by atoms with Gasteiger partial charge in [0, 0.05) is 13.1 Å². The van der Waals surface area contributed by atoms with Gasteiger partial charge in [-0.05, 0) is 39.8 Å². The average Bonchev–Trinajstić information content (AvgIpc) is 2.48. The highest BCUT2D eigenvalue weighted by atomic mass is 16.5. The van der Waals surface area contributed by atoms with Crippen molar-refractivity contribution in [2.75, 3.05) is 26.7 Å². The van der Waals surface area contributed by atoms with Crippen LogP contribution in [-0.2, 0) is 4.74 Å². The number of aliphatic imine (C=N–C) groups is 1. The fourth-order valence-corrected chi connectivity index (χ4v) is 2.31. The lowest BCUT2D eigenvalue weighted by molar-refractivity contribution is 0.153. The van der Waals surface area contributed by atoms with E-state index in [9.17, 15) is 0 Å². The number of ether oxygens (including phenoxy) is 1. The Morgan fingerprint density at radius 3 is 2.67 bits per heavy atom. The second kappa shape index (κ2) is 4.00. The quantitative estimate of drug-likeness (QED) is 0.698. The summed E-state index contributed by atoms with van der Waals surface area (Å²) in [6.07, 6.45) is 2.31. The molecule has 0 atom stereocenters. The molecule has 0 aromatic heterocycles. The van der Waals surface area contributed by atoms with E-state index in [1.807, 2.05) is 0 Å². The Morgan fingerprint density at radius 1 is 1.40 bits per heavy atom. The predicted octanol–water partition coefficient (Wildman–Crippen LogP) is 0.835. The molecule has 0 saturated carbocycles. The Morgan fingerprint density at radius 2 is 2.07 bits per heavy atom. The molecule has 1 N–H and O–H groups in total. The molecule has 15 heavy (non-hydrogen) atoms. The Hall–Kier alpha value is -0.770. The van der Waals surface area contributed by atoms with E-state index in [4.69, 9.17) is 4.74 Å². The van der Waals surface area contributed by atoms with Crippen molar-refractivity contribution >= 4 is 6.02 Å². The van der Waals surface area contributed by atoms with Gasteiger partial charge in [0.15, 0.2) is 0 Å². The molecule has 4 nitrogen and oxygen atoms in total. The molecule has 2 aliphatic heterocycles. The predicted molar refractivity (Wildman–Crippen MR) is 61.1 cm³/mol. The summed E-state index contributed by atoms with van der Waals surface area (Å²) in [5, 5.41) is 3.39. The first-order valence-corrected chi connectivity index (χ1v) is 5.79. The van der Waals surface area contributed by atoms with Crippen molar-refractivity contribution < 1.29 is 4.74 Å². The monoisotopic (exact) mass is 211 g/mol. The van der Waals surface area contributed by atoms with Gasteiger partial charge in [0.05, 0.1) is 5.54 Å². The Labute approximate surface area is 91.7 Å². The summed E-state index contributed by atoms with van der Waals surface area (Å²) in [5.41, 5.74) is 0.207. The smallest absolute Gasteiger partial charge is 0.287 e. The number of amidine groups is 1. The minimum Gasteiger partial charge on any atom is -0.463 e. The van der Waals surface area contributed by atoms with Crippen molar-refractivity contribution in [1.29, 1.82) is 0 Å². The minimum absolute atomic E-state index is 0.207. The van der Waals surface area contributed by atoms with Crippen LogP contribution in [-0.4, -0.2) is 49.2 Å². The van der Waals surface area contributed by atoms with Crippen molar-refractivity contribution in [2.45, 2.75) is 38.3 Å². The van der Waals surface area contributed by atoms with Crippen molar-refractivity contribution in [3.05, 3.63) is 0 Å². The largest absolute Gasteiger partial charge is 0.463 e. The van der Waals surface area contributed by atoms with Crippen LogP contribution in [0.1, 0.15) is 26.7 Å². The van der Waals surface area contributed by atoms with Gasteiger partial charge in [0.1, 0.15) is 6.61 Å². The zero-order valence-electron chi connectivity index (χ0n) is 9.92. The van der Waals surface area contributed by atoms with Gasteiger partial charge < -0.3 is 15.0 Å². The van der Waals surface area contributed by atoms with E-state index in [0.717, 1.165) is 38.6 Å². The van der Waals surface area contributed by atoms with E-state index >= 15 is 0 Å². The van der Waals surface area contributed by atoms with Crippen LogP contribution < -0.4 is 5.32 Å². The number of nitrogens with one attached hydrogen (secondary N) is 1. The van der Waals surface area contributed by atoms with Crippen molar-refractivity contribution in [1.82, 2.24) is 10.2 Å². The number of rotatable bonds is 1. The summed E-state index contributed by atoms with van der Waals surface area (Å²) < 4.78 is 5.72. The summed E-state index contributed by atoms with van der Waals surface area (Å²) in [7, 11) is 2.11. The minimum atomic E-state index is 0.207. The van der Waals surface area contributed by atoms with Gasteiger partial charge in [0.2, 0.25) is 0 Å². The van der Waals surface area contributed by atoms with Gasteiger partial charge in [-0.3, -0.25) is 0 Å². The third kappa shape index (κ3) is 1.95.